The van der Waals surface area contributed by atoms with E-state index in [4.69, 9.17) is 4.74 Å². The van der Waals surface area contributed by atoms with Crippen molar-refractivity contribution in [2.45, 2.75) is 58.0 Å². The van der Waals surface area contributed by atoms with Crippen LogP contribution in [0.5, 0.6) is 5.75 Å². The van der Waals surface area contributed by atoms with Crippen LogP contribution in [0.3, 0.4) is 0 Å². The van der Waals surface area contributed by atoms with Gasteiger partial charge in [0.15, 0.2) is 5.82 Å². The van der Waals surface area contributed by atoms with E-state index < -0.39 is 5.82 Å². The number of aromatic nitrogens is 5. The Morgan fingerprint density at radius 1 is 0.875 bits per heavy atom. The van der Waals surface area contributed by atoms with Crippen LogP contribution in [0, 0.1) is 19.7 Å². The Morgan fingerprint density at radius 2 is 1.66 bits per heavy atom. The molecular weight excluding hydrogens is 710 g/mol. The van der Waals surface area contributed by atoms with Crippen LogP contribution in [0.1, 0.15) is 53.6 Å². The minimum atomic E-state index is -0.544. The smallest absolute Gasteiger partial charge is 0.338 e. The van der Waals surface area contributed by atoms with E-state index in [1.807, 2.05) is 66.1 Å². The Morgan fingerprint density at radius 3 is 2.48 bits per heavy atom. The molecule has 3 N–H and O–H groups in total. The fourth-order valence-electron chi connectivity index (χ4n) is 8.20. The third-order valence-electron chi connectivity index (χ3n) is 10.9. The number of halogens is 1. The summed E-state index contributed by atoms with van der Waals surface area (Å²) >= 11 is 0. The predicted octanol–water partition coefficient (Wildman–Crippen LogP) is 7.10. The molecule has 290 valence electrons. The van der Waals surface area contributed by atoms with E-state index in [0.29, 0.717) is 46.3 Å². The van der Waals surface area contributed by atoms with Crippen molar-refractivity contribution in [3.8, 4) is 28.3 Å². The number of esters is 1. The standard InChI is InChI=1S/C43H48FN9O3/c1-27-15-16-32(39-31-12-4-5-13-33(31)41(49-47-39)45-29-10-6-17-51(3)25-29)34(22-27)42(55)56-21-9-19-52-18-7-11-30(26-52)46-43-50-48-40(36-14-8-20-53(36)43)38-35(44)23-28(2)24-37(38)54/h4-5,8,12-16,20,22-24,29-30,54H,6-7,9-11,17-19,21,25-26H2,1-3H3,(H,45,49)(H,46,50). The van der Waals surface area contributed by atoms with Gasteiger partial charge in [-0.3, -0.25) is 4.40 Å². The van der Waals surface area contributed by atoms with Crippen molar-refractivity contribution in [3.05, 3.63) is 95.4 Å². The number of likely N-dealkylation sites (tertiary alicyclic amines) is 2. The number of fused-ring (bicyclic) bond motifs is 2. The molecule has 0 saturated carbocycles. The van der Waals surface area contributed by atoms with Crippen LogP contribution >= 0.6 is 0 Å². The van der Waals surface area contributed by atoms with Gasteiger partial charge in [0.05, 0.1) is 23.3 Å². The lowest BCUT2D eigenvalue weighted by Gasteiger charge is -2.33. The summed E-state index contributed by atoms with van der Waals surface area (Å²) in [6.45, 7) is 8.52. The van der Waals surface area contributed by atoms with Crippen LogP contribution in [-0.4, -0.2) is 104 Å². The number of hydrogen-bond acceptors (Lipinski definition) is 11. The van der Waals surface area contributed by atoms with Crippen LogP contribution in [0.15, 0.2) is 72.9 Å². The molecule has 8 rings (SSSR count). The Hall–Kier alpha value is -5.66. The Balaban J connectivity index is 0.902. The monoisotopic (exact) mass is 757 g/mol. The van der Waals surface area contributed by atoms with Crippen molar-refractivity contribution in [3.63, 3.8) is 0 Å². The molecule has 0 bridgehead atoms. The Bertz CT molecular complexity index is 2360. The Kier molecular flexibility index (Phi) is 10.8. The number of ether oxygens (including phenoxy) is 1. The number of hydrogen-bond donors (Lipinski definition) is 3. The largest absolute Gasteiger partial charge is 0.507 e. The lowest BCUT2D eigenvalue weighted by molar-refractivity contribution is 0.0485. The molecule has 0 spiro atoms. The quantitative estimate of drug-likeness (QED) is 0.0924. The third kappa shape index (κ3) is 7.87. The van der Waals surface area contributed by atoms with Gasteiger partial charge < -0.3 is 30.3 Å². The van der Waals surface area contributed by atoms with Gasteiger partial charge in [0.1, 0.15) is 23.0 Å². The molecule has 2 saturated heterocycles. The van der Waals surface area contributed by atoms with E-state index in [-0.39, 0.29) is 35.6 Å². The van der Waals surface area contributed by atoms with Crippen molar-refractivity contribution in [1.82, 2.24) is 34.6 Å². The number of aryl methyl sites for hydroxylation is 2. The molecule has 3 aromatic carbocycles. The summed E-state index contributed by atoms with van der Waals surface area (Å²) in [4.78, 5) is 18.4. The zero-order valence-electron chi connectivity index (χ0n) is 32.1. The second-order valence-electron chi connectivity index (χ2n) is 15.3. The van der Waals surface area contributed by atoms with Gasteiger partial charge in [-0.2, -0.15) is 0 Å². The van der Waals surface area contributed by atoms with Crippen LogP contribution < -0.4 is 10.6 Å². The van der Waals surface area contributed by atoms with Crippen molar-refractivity contribution in [2.24, 2.45) is 0 Å². The zero-order chi connectivity index (χ0) is 38.8. The highest BCUT2D eigenvalue weighted by molar-refractivity contribution is 6.05. The van der Waals surface area contributed by atoms with E-state index >= 15 is 0 Å². The first-order chi connectivity index (χ1) is 27.2. The number of phenols is 1. The molecule has 2 unspecified atom stereocenters. The van der Waals surface area contributed by atoms with Crippen LogP contribution in [0.2, 0.25) is 0 Å². The first kappa shape index (κ1) is 37.3. The number of piperidine rings is 2. The van der Waals surface area contributed by atoms with E-state index in [9.17, 15) is 14.3 Å². The first-order valence-electron chi connectivity index (χ1n) is 19.5. The summed E-state index contributed by atoms with van der Waals surface area (Å²) in [5, 5.41) is 37.7. The van der Waals surface area contributed by atoms with Crippen LogP contribution in [0.4, 0.5) is 16.2 Å². The second kappa shape index (κ2) is 16.2. The fourth-order valence-corrected chi connectivity index (χ4v) is 8.20. The summed E-state index contributed by atoms with van der Waals surface area (Å²) in [5.74, 6) is 0.221. The maximum Gasteiger partial charge on any atom is 0.338 e. The number of carbonyl (C=O) groups is 1. The summed E-state index contributed by atoms with van der Waals surface area (Å²) in [6, 6.07) is 20.9. The highest BCUT2D eigenvalue weighted by Gasteiger charge is 2.25. The molecule has 0 radical (unpaired) electrons. The van der Waals surface area contributed by atoms with Crippen LogP contribution in [0.25, 0.3) is 38.8 Å². The summed E-state index contributed by atoms with van der Waals surface area (Å²) in [5.41, 5.74) is 4.38. The number of likely N-dealkylation sites (N-methyl/N-ethyl adjacent to an activating group) is 1. The SMILES string of the molecule is Cc1cc(O)c(-c2nnc(NC3CCCN(CCCOC(=O)c4cc(C)ccc4-c4nnc(NC5CCCN(C)C5)c5ccccc45)C3)n3cccc23)c(F)c1. The van der Waals surface area contributed by atoms with Gasteiger partial charge in [0, 0.05) is 54.3 Å². The van der Waals surface area contributed by atoms with Crippen molar-refractivity contribution >= 4 is 34.0 Å². The normalized spacial score (nSPS) is 18.0. The molecule has 0 aliphatic carbocycles. The summed E-state index contributed by atoms with van der Waals surface area (Å²) < 4.78 is 22.7. The number of anilines is 2. The van der Waals surface area contributed by atoms with E-state index in [1.165, 1.54) is 12.1 Å². The van der Waals surface area contributed by atoms with E-state index in [2.05, 4.69) is 53.9 Å². The number of nitrogens with one attached hydrogen (secondary N) is 2. The topological polar surface area (TPSA) is 133 Å². The van der Waals surface area contributed by atoms with Gasteiger partial charge in [-0.15, -0.1) is 20.4 Å². The molecule has 6 aromatic rings. The number of phenolic OH excluding ortho intramolecular Hbond substituents is 1. The number of benzene rings is 3. The highest BCUT2D eigenvalue weighted by Crippen LogP contribution is 2.36. The van der Waals surface area contributed by atoms with Gasteiger partial charge in [-0.05, 0) is 102 Å². The van der Waals surface area contributed by atoms with E-state index in [1.54, 1.807) is 6.92 Å². The predicted molar refractivity (Wildman–Crippen MR) is 217 cm³/mol. The van der Waals surface area contributed by atoms with Gasteiger partial charge in [0.2, 0.25) is 5.95 Å². The average Bonchev–Trinajstić information content (AvgIpc) is 3.68. The molecule has 0 amide bonds. The molecule has 12 nitrogen and oxygen atoms in total. The molecule has 2 fully saturated rings. The Labute approximate surface area is 325 Å². The lowest BCUT2D eigenvalue weighted by Crippen LogP contribution is -2.43. The number of rotatable bonds is 11. The minimum Gasteiger partial charge on any atom is -0.507 e. The maximum absolute atomic E-state index is 14.9. The second-order valence-corrected chi connectivity index (χ2v) is 15.3. The highest BCUT2D eigenvalue weighted by atomic mass is 19.1. The number of nitrogens with zero attached hydrogens (tertiary/aromatic N) is 7. The van der Waals surface area contributed by atoms with Crippen molar-refractivity contribution in [2.75, 3.05) is 57.0 Å². The minimum absolute atomic E-state index is 0.0356. The zero-order valence-corrected chi connectivity index (χ0v) is 32.1. The molecular formula is C43H48FN9O3. The molecule has 13 heteroatoms. The van der Waals surface area contributed by atoms with Gasteiger partial charge in [-0.25, -0.2) is 9.18 Å². The molecule has 3 aromatic heterocycles. The van der Waals surface area contributed by atoms with Gasteiger partial charge in [0.25, 0.3) is 0 Å². The maximum atomic E-state index is 14.9. The third-order valence-corrected chi connectivity index (χ3v) is 10.9. The summed E-state index contributed by atoms with van der Waals surface area (Å²) in [7, 11) is 2.14. The van der Waals surface area contributed by atoms with E-state index in [0.717, 1.165) is 80.6 Å². The number of aromatic hydroxyl groups is 1. The van der Waals surface area contributed by atoms with Gasteiger partial charge in [-0.1, -0.05) is 42.0 Å². The lowest BCUT2D eigenvalue weighted by atomic mass is 9.98. The fraction of sp³-hybridized carbons (Fsp3) is 0.372. The molecule has 5 heterocycles. The summed E-state index contributed by atoms with van der Waals surface area (Å²) in [6.07, 6.45) is 6.70. The van der Waals surface area contributed by atoms with Crippen molar-refractivity contribution < 1.29 is 19.0 Å². The molecule has 2 aliphatic heterocycles. The average molecular weight is 758 g/mol. The van der Waals surface area contributed by atoms with Crippen molar-refractivity contribution in [1.29, 1.82) is 0 Å². The number of carbonyl (C=O) groups excluding carboxylic acids is 1. The van der Waals surface area contributed by atoms with Crippen LogP contribution in [-0.2, 0) is 4.74 Å². The van der Waals surface area contributed by atoms with Gasteiger partial charge >= 0.3 is 5.97 Å². The first-order valence-corrected chi connectivity index (χ1v) is 19.5. The molecule has 56 heavy (non-hydrogen) atoms. The molecule has 2 aliphatic rings. The molecule has 2 atom stereocenters.